The van der Waals surface area contributed by atoms with E-state index in [0.717, 1.165) is 104 Å². The topological polar surface area (TPSA) is 98.1 Å². The summed E-state index contributed by atoms with van der Waals surface area (Å²) in [7, 11) is 4.45. The second-order valence-corrected chi connectivity index (χ2v) is 38.7. The summed E-state index contributed by atoms with van der Waals surface area (Å²) in [6.07, 6.45) is 9.20. The third-order valence-electron chi connectivity index (χ3n) is 31.5. The zero-order chi connectivity index (χ0) is 89.3. The molecule has 9 aliphatic rings. The van der Waals surface area contributed by atoms with Gasteiger partial charge in [0.25, 0.3) is 0 Å². The molecule has 1 saturated carbocycles. The van der Waals surface area contributed by atoms with Gasteiger partial charge in [-0.05, 0) is 208 Å². The van der Waals surface area contributed by atoms with Crippen molar-refractivity contribution in [2.45, 2.75) is 175 Å². The van der Waals surface area contributed by atoms with E-state index in [4.69, 9.17) is 22.1 Å². The number of para-hydroxylation sites is 8. The van der Waals surface area contributed by atoms with Crippen LogP contribution >= 0.6 is 0 Å². The largest absolute Gasteiger partial charge is 0.454 e. The Bertz CT molecular complexity index is 7740. The minimum Gasteiger partial charge on any atom is -0.454 e. The van der Waals surface area contributed by atoms with Gasteiger partial charge < -0.3 is 56.4 Å². The number of aryl methyl sites for hydroxylation is 5. The molecular formula is C117H114N10O5. The van der Waals surface area contributed by atoms with Crippen molar-refractivity contribution in [2.75, 3.05) is 74.6 Å². The molecule has 12 atom stereocenters. The minimum absolute atomic E-state index is 0.0994. The lowest BCUT2D eigenvalue weighted by atomic mass is 9.96. The Morgan fingerprint density at radius 1 is 0.288 bits per heavy atom. The predicted octanol–water partition coefficient (Wildman–Crippen LogP) is 28.0. The Kier molecular flexibility index (Phi) is 20.0. The standard InChI is InChI=1S/C28H24N2O.2C24H22N2O.C21H24N2O.C20H22N2O/c1-18-16-17-23-22-12-6-9-15-26(22)31-28(23)27(18)30-19(2)29(3)24-13-7-4-10-20(24)21-11-5-8-14-25(21)30;1-15-11-12-20-19-8-4-6-10-22(19)27-24(20)23(15)26-16(2)25-14-18(26)13-17-7-3-5-9-21(17)25;1-15-11-12-20-19-9-5-6-10-22(19)27-24(20)23(15)26-16(2)25-13-17-7-3-4-8-18(17)21(26)14-25;1-13-8-11-18-17-6-4-5-7-19(17)24-21(18)20(13)23-14(2)22(3)15-9-10-16(23)12-15;1-13-9-10-17-16-7-3-4-8-18(16)23-20(17)19(13)22-14(2)21-11-5-6-15(22)12-21/h4-17,19H,1-3H3;3-12,16,18H,13-14H2,1-2H3;3-12,16,21H,13-14H2,1-2H3;4-8,11,14-16H,9-10,12H2,1-3H3;3-4,7-10,14-15H,5-6,11-12H2,1-2H3. The van der Waals surface area contributed by atoms with Crippen LogP contribution in [-0.4, -0.2) is 110 Å². The fourth-order valence-electron chi connectivity index (χ4n) is 24.8. The molecule has 6 fully saturated rings. The highest BCUT2D eigenvalue weighted by atomic mass is 16.3. The molecule has 5 saturated heterocycles. The van der Waals surface area contributed by atoms with Crippen molar-refractivity contribution < 1.29 is 22.1 Å². The Morgan fingerprint density at radius 3 is 1.17 bits per heavy atom. The molecule has 14 aromatic carbocycles. The smallest absolute Gasteiger partial charge is 0.159 e. The Hall–Kier alpha value is -13.4. The van der Waals surface area contributed by atoms with Gasteiger partial charge in [0.2, 0.25) is 0 Å². The van der Waals surface area contributed by atoms with Crippen LogP contribution in [0, 0.1) is 34.6 Å². The van der Waals surface area contributed by atoms with Gasteiger partial charge in [-0.3, -0.25) is 14.7 Å². The number of anilines is 8. The molecule has 13 heterocycles. The number of nitrogens with zero attached hydrogens (tertiary/aromatic N) is 10. The van der Waals surface area contributed by atoms with Crippen LogP contribution < -0.4 is 34.3 Å². The lowest BCUT2D eigenvalue weighted by molar-refractivity contribution is 0.149. The van der Waals surface area contributed by atoms with E-state index in [1.54, 1.807) is 0 Å². The van der Waals surface area contributed by atoms with Gasteiger partial charge in [-0.15, -0.1) is 0 Å². The van der Waals surface area contributed by atoms with Crippen LogP contribution in [0.5, 0.6) is 0 Å². The zero-order valence-corrected chi connectivity index (χ0v) is 77.6. The molecule has 8 bridgehead atoms. The summed E-state index contributed by atoms with van der Waals surface area (Å²) in [6, 6.07) is 102. The molecule has 19 aromatic rings. The van der Waals surface area contributed by atoms with E-state index in [2.05, 4.69) is 393 Å². The molecule has 662 valence electrons. The van der Waals surface area contributed by atoms with Gasteiger partial charge in [0.05, 0.1) is 70.9 Å². The highest BCUT2D eigenvalue weighted by Crippen LogP contribution is 2.54. The molecule has 5 aromatic heterocycles. The van der Waals surface area contributed by atoms with Crippen molar-refractivity contribution >= 4 is 155 Å². The van der Waals surface area contributed by atoms with Crippen LogP contribution in [-0.2, 0) is 13.0 Å². The molecule has 15 nitrogen and oxygen atoms in total. The summed E-state index contributed by atoms with van der Waals surface area (Å²) < 4.78 is 31.9. The van der Waals surface area contributed by atoms with Crippen molar-refractivity contribution in [2.24, 2.45) is 0 Å². The van der Waals surface area contributed by atoms with Crippen molar-refractivity contribution in [3.05, 3.63) is 324 Å². The highest BCUT2D eigenvalue weighted by Gasteiger charge is 2.48. The molecule has 0 amide bonds. The molecule has 0 radical (unpaired) electrons. The fourth-order valence-corrected chi connectivity index (χ4v) is 24.8. The maximum atomic E-state index is 6.47. The second-order valence-electron chi connectivity index (χ2n) is 38.7. The molecule has 0 spiro atoms. The number of fused-ring (bicyclic) bond motifs is 30. The number of hydrogen-bond acceptors (Lipinski definition) is 15. The normalized spacial score (nSPS) is 22.7. The molecule has 132 heavy (non-hydrogen) atoms. The van der Waals surface area contributed by atoms with E-state index < -0.39 is 0 Å². The number of hydrogen-bond donors (Lipinski definition) is 0. The number of piperidine rings is 1. The summed E-state index contributed by atoms with van der Waals surface area (Å²) in [5.74, 6) is 0. The fraction of sp³-hybridized carbons (Fsp3) is 0.282. The maximum Gasteiger partial charge on any atom is 0.159 e. The zero-order valence-electron chi connectivity index (χ0n) is 77.6. The average Bonchev–Trinajstić information content (AvgIpc) is 1.60. The summed E-state index contributed by atoms with van der Waals surface area (Å²) in [5.41, 5.74) is 33.3. The monoisotopic (exact) mass is 1740 g/mol. The van der Waals surface area contributed by atoms with E-state index >= 15 is 0 Å². The van der Waals surface area contributed by atoms with Crippen molar-refractivity contribution in [3.8, 4) is 11.1 Å². The van der Waals surface area contributed by atoms with Crippen LogP contribution in [0.1, 0.15) is 117 Å². The lowest BCUT2D eigenvalue weighted by Crippen LogP contribution is -2.56. The van der Waals surface area contributed by atoms with Gasteiger partial charge >= 0.3 is 0 Å². The van der Waals surface area contributed by atoms with E-state index in [1.807, 2.05) is 18.2 Å². The first-order valence-corrected chi connectivity index (χ1v) is 48.0. The van der Waals surface area contributed by atoms with Gasteiger partial charge in [-0.1, -0.05) is 231 Å². The molecule has 1 aliphatic carbocycles. The molecule has 15 heteroatoms. The van der Waals surface area contributed by atoms with Gasteiger partial charge in [-0.25, -0.2) is 0 Å². The van der Waals surface area contributed by atoms with Crippen molar-refractivity contribution in [3.63, 3.8) is 0 Å². The SMILES string of the molecule is Cc1ccc2c(oc3ccccc32)c1N1C2CCC(C2)N(C)C1C.Cc1ccc2c(oc3ccccc32)c1N1C2CCCN(C2)C1C.Cc1ccc2c(oc3ccccc32)c1N1C2CN(Cc3ccccc32)C1C.Cc1ccc2c(oc3ccccc32)c1N1C2Cc3ccccc3N(C2)C1C.Cc1ccc2c(oc3ccccc32)c1N1c2ccccc2-c2ccccc2N(C)C1C. The molecule has 12 unspecified atom stereocenters. The summed E-state index contributed by atoms with van der Waals surface area (Å²) in [6.45, 7) is 28.2. The van der Waals surface area contributed by atoms with Gasteiger partial charge in [0.1, 0.15) is 34.1 Å². The predicted molar refractivity (Wildman–Crippen MR) is 547 cm³/mol. The number of furan rings is 5. The van der Waals surface area contributed by atoms with Gasteiger partial charge in [0.15, 0.2) is 27.9 Å². The summed E-state index contributed by atoms with van der Waals surface area (Å²) >= 11 is 0. The first kappa shape index (κ1) is 81.8. The van der Waals surface area contributed by atoms with Crippen LogP contribution in [0.25, 0.3) is 121 Å². The highest BCUT2D eigenvalue weighted by molar-refractivity contribution is 6.15. The average molecular weight is 1740 g/mol. The van der Waals surface area contributed by atoms with E-state index in [1.165, 1.54) is 184 Å². The molecule has 28 rings (SSSR count). The number of rotatable bonds is 5. The Labute approximate surface area is 771 Å². The third kappa shape index (κ3) is 13.0. The number of benzene rings is 14. The van der Waals surface area contributed by atoms with Gasteiger partial charge in [0, 0.05) is 134 Å². The molecule has 0 N–H and O–H groups in total. The van der Waals surface area contributed by atoms with Crippen LogP contribution in [0.4, 0.5) is 45.5 Å². The third-order valence-corrected chi connectivity index (χ3v) is 31.5. The lowest BCUT2D eigenvalue weighted by Gasteiger charge is -2.47. The van der Waals surface area contributed by atoms with Gasteiger partial charge in [-0.2, -0.15) is 0 Å². The Balaban J connectivity index is 0.0000000913. The van der Waals surface area contributed by atoms with Crippen molar-refractivity contribution in [1.82, 2.24) is 14.7 Å². The van der Waals surface area contributed by atoms with Crippen LogP contribution in [0.3, 0.4) is 0 Å². The maximum absolute atomic E-state index is 6.47. The molecule has 8 aliphatic heterocycles. The van der Waals surface area contributed by atoms with E-state index in [0.29, 0.717) is 48.8 Å². The first-order chi connectivity index (χ1) is 64.5. The van der Waals surface area contributed by atoms with Crippen LogP contribution in [0.15, 0.2) is 301 Å². The summed E-state index contributed by atoms with van der Waals surface area (Å²) in [4.78, 5) is 25.5. The van der Waals surface area contributed by atoms with Crippen LogP contribution in [0.2, 0.25) is 0 Å². The van der Waals surface area contributed by atoms with E-state index in [-0.39, 0.29) is 6.17 Å². The first-order valence-electron chi connectivity index (χ1n) is 48.0. The summed E-state index contributed by atoms with van der Waals surface area (Å²) in [5, 5.41) is 12.1. The Morgan fingerprint density at radius 2 is 0.674 bits per heavy atom. The van der Waals surface area contributed by atoms with E-state index in [9.17, 15) is 0 Å². The quantitative estimate of drug-likeness (QED) is 0.163. The molecular weight excluding hydrogens is 1630 g/mol. The minimum atomic E-state index is 0.0994. The second kappa shape index (κ2) is 32.2. The van der Waals surface area contributed by atoms with Crippen molar-refractivity contribution in [1.29, 1.82) is 0 Å².